The van der Waals surface area contributed by atoms with Crippen LogP contribution in [0, 0.1) is 0 Å². The van der Waals surface area contributed by atoms with Crippen LogP contribution in [0.3, 0.4) is 0 Å². The molecule has 0 atom stereocenters. The topological polar surface area (TPSA) is 34.1 Å². The minimum atomic E-state index is 0.0469. The summed E-state index contributed by atoms with van der Waals surface area (Å²) in [6.45, 7) is 3.14. The lowest BCUT2D eigenvalue weighted by Crippen LogP contribution is -1.95. The van der Waals surface area contributed by atoms with Gasteiger partial charge >= 0.3 is 0 Å². The van der Waals surface area contributed by atoms with Crippen LogP contribution in [0.25, 0.3) is 22.3 Å². The van der Waals surface area contributed by atoms with Gasteiger partial charge in [0.15, 0.2) is 11.6 Å². The maximum Gasteiger partial charge on any atom is 0.159 e. The molecule has 0 unspecified atom stereocenters. The van der Waals surface area contributed by atoms with Gasteiger partial charge in [0, 0.05) is 11.1 Å². The van der Waals surface area contributed by atoms with Crippen molar-refractivity contribution in [2.45, 2.75) is 13.8 Å². The summed E-state index contributed by atoms with van der Waals surface area (Å²) in [6, 6.07) is 23.3. The van der Waals surface area contributed by atoms with Crippen LogP contribution in [0.15, 0.2) is 72.8 Å². The molecule has 3 aromatic carbocycles. The molecule has 0 aliphatic rings. The monoisotopic (exact) mass is 314 g/mol. The Hall–Kier alpha value is -3.00. The highest BCUT2D eigenvalue weighted by Gasteiger charge is 2.11. The molecule has 0 aliphatic carbocycles. The third kappa shape index (κ3) is 3.18. The van der Waals surface area contributed by atoms with Crippen molar-refractivity contribution in [3.8, 4) is 22.3 Å². The number of rotatable bonds is 4. The first-order valence-corrected chi connectivity index (χ1v) is 7.88. The summed E-state index contributed by atoms with van der Waals surface area (Å²) in [4.78, 5) is 23.2. The fourth-order valence-electron chi connectivity index (χ4n) is 2.76. The molecule has 0 fully saturated rings. The molecule has 0 aliphatic heterocycles. The lowest BCUT2D eigenvalue weighted by Gasteiger charge is -2.12. The molecule has 0 heterocycles. The van der Waals surface area contributed by atoms with E-state index in [1.165, 1.54) is 0 Å². The van der Waals surface area contributed by atoms with Gasteiger partial charge in [-0.2, -0.15) is 0 Å². The van der Waals surface area contributed by atoms with Gasteiger partial charge in [0.1, 0.15) is 0 Å². The number of benzene rings is 3. The van der Waals surface area contributed by atoms with Crippen molar-refractivity contribution >= 4 is 11.6 Å². The van der Waals surface area contributed by atoms with E-state index in [9.17, 15) is 9.59 Å². The highest BCUT2D eigenvalue weighted by Crippen LogP contribution is 2.33. The molecule has 3 aromatic rings. The molecule has 2 heteroatoms. The first-order valence-electron chi connectivity index (χ1n) is 7.88. The molecule has 0 saturated heterocycles. The predicted octanol–water partition coefficient (Wildman–Crippen LogP) is 5.43. The van der Waals surface area contributed by atoms with Gasteiger partial charge in [-0.1, -0.05) is 66.7 Å². The Bertz CT molecular complexity index is 891. The Labute approximate surface area is 141 Å². The van der Waals surface area contributed by atoms with E-state index in [0.717, 1.165) is 22.3 Å². The van der Waals surface area contributed by atoms with E-state index in [1.807, 2.05) is 72.8 Å². The summed E-state index contributed by atoms with van der Waals surface area (Å²) in [7, 11) is 0. The highest BCUT2D eigenvalue weighted by molar-refractivity contribution is 5.98. The molecule has 2 nitrogen and oxygen atoms in total. The van der Waals surface area contributed by atoms with Crippen molar-refractivity contribution in [3.63, 3.8) is 0 Å². The van der Waals surface area contributed by atoms with Gasteiger partial charge in [-0.05, 0) is 42.2 Å². The minimum Gasteiger partial charge on any atom is -0.295 e. The maximum atomic E-state index is 11.8. The fourth-order valence-corrected chi connectivity index (χ4v) is 2.76. The van der Waals surface area contributed by atoms with E-state index in [2.05, 4.69) is 0 Å². The van der Waals surface area contributed by atoms with E-state index in [0.29, 0.717) is 11.1 Å². The molecule has 0 spiro atoms. The number of Topliss-reactive ketones (excluding diaryl/α,β-unsaturated/α-hetero) is 2. The summed E-state index contributed by atoms with van der Waals surface area (Å²) in [6.07, 6.45) is 0. The van der Waals surface area contributed by atoms with Gasteiger partial charge in [-0.25, -0.2) is 0 Å². The predicted molar refractivity (Wildman–Crippen MR) is 97.3 cm³/mol. The fraction of sp³-hybridized carbons (Fsp3) is 0.0909. The first kappa shape index (κ1) is 15.9. The Kier molecular flexibility index (Phi) is 4.39. The number of ketones is 2. The third-order valence-corrected chi connectivity index (χ3v) is 4.11. The van der Waals surface area contributed by atoms with Crippen LogP contribution >= 0.6 is 0 Å². The summed E-state index contributed by atoms with van der Waals surface area (Å²) in [5.41, 5.74) is 5.53. The summed E-state index contributed by atoms with van der Waals surface area (Å²) in [5.74, 6) is 0.0995. The van der Waals surface area contributed by atoms with Crippen LogP contribution in [0.2, 0.25) is 0 Å². The quantitative estimate of drug-likeness (QED) is 0.602. The lowest BCUT2D eigenvalue weighted by atomic mass is 9.91. The van der Waals surface area contributed by atoms with Crippen molar-refractivity contribution in [2.24, 2.45) is 0 Å². The van der Waals surface area contributed by atoms with Crippen LogP contribution in [0.1, 0.15) is 34.6 Å². The number of hydrogen-bond donors (Lipinski definition) is 0. The zero-order valence-electron chi connectivity index (χ0n) is 13.7. The zero-order valence-corrected chi connectivity index (χ0v) is 13.7. The van der Waals surface area contributed by atoms with Crippen LogP contribution in [-0.2, 0) is 0 Å². The molecular formula is C22H18O2. The average molecular weight is 314 g/mol. The number of hydrogen-bond acceptors (Lipinski definition) is 2. The molecule has 0 aromatic heterocycles. The molecule has 0 amide bonds. The lowest BCUT2D eigenvalue weighted by molar-refractivity contribution is 0.100. The number of carbonyl (C=O) groups is 2. The smallest absolute Gasteiger partial charge is 0.159 e. The minimum absolute atomic E-state index is 0.0469. The average Bonchev–Trinajstić information content (AvgIpc) is 2.62. The van der Waals surface area contributed by atoms with Gasteiger partial charge in [0.05, 0.1) is 0 Å². The molecule has 0 N–H and O–H groups in total. The van der Waals surface area contributed by atoms with Crippen LogP contribution < -0.4 is 0 Å². The van der Waals surface area contributed by atoms with Gasteiger partial charge < -0.3 is 0 Å². The Balaban J connectivity index is 2.16. The summed E-state index contributed by atoms with van der Waals surface area (Å²) in [5, 5.41) is 0. The Morgan fingerprint density at radius 1 is 0.583 bits per heavy atom. The normalized spacial score (nSPS) is 10.4. The molecule has 118 valence electrons. The molecule has 0 radical (unpaired) electrons. The Morgan fingerprint density at radius 2 is 1.12 bits per heavy atom. The van der Waals surface area contributed by atoms with Gasteiger partial charge in [-0.15, -0.1) is 0 Å². The van der Waals surface area contributed by atoms with E-state index >= 15 is 0 Å². The Morgan fingerprint density at radius 3 is 1.71 bits per heavy atom. The van der Waals surface area contributed by atoms with Crippen LogP contribution in [0.5, 0.6) is 0 Å². The van der Waals surface area contributed by atoms with Crippen molar-refractivity contribution in [3.05, 3.63) is 83.9 Å². The third-order valence-electron chi connectivity index (χ3n) is 4.11. The van der Waals surface area contributed by atoms with Gasteiger partial charge in [0.2, 0.25) is 0 Å². The van der Waals surface area contributed by atoms with Crippen molar-refractivity contribution in [2.75, 3.05) is 0 Å². The molecule has 0 bridgehead atoms. The largest absolute Gasteiger partial charge is 0.295 e. The summed E-state index contributed by atoms with van der Waals surface area (Å²) >= 11 is 0. The standard InChI is InChI=1S/C22H18O2/c1-15(23)17-8-10-19(11-9-17)21-13-12-20(16(2)24)14-22(21)18-6-4-3-5-7-18/h3-14H,1-2H3. The zero-order chi connectivity index (χ0) is 17.1. The van der Waals surface area contributed by atoms with Crippen LogP contribution in [0.4, 0.5) is 0 Å². The van der Waals surface area contributed by atoms with Gasteiger partial charge in [-0.3, -0.25) is 9.59 Å². The van der Waals surface area contributed by atoms with E-state index in [4.69, 9.17) is 0 Å². The molecular weight excluding hydrogens is 296 g/mol. The SMILES string of the molecule is CC(=O)c1ccc(-c2ccc(C(C)=O)cc2-c2ccccc2)cc1. The second kappa shape index (κ2) is 6.63. The molecule has 3 rings (SSSR count). The first-order chi connectivity index (χ1) is 11.6. The second-order valence-electron chi connectivity index (χ2n) is 5.82. The van der Waals surface area contributed by atoms with Crippen LogP contribution in [-0.4, -0.2) is 11.6 Å². The van der Waals surface area contributed by atoms with Crippen molar-refractivity contribution in [1.29, 1.82) is 0 Å². The number of carbonyl (C=O) groups excluding carboxylic acids is 2. The molecule has 24 heavy (non-hydrogen) atoms. The van der Waals surface area contributed by atoms with Gasteiger partial charge in [0.25, 0.3) is 0 Å². The maximum absolute atomic E-state index is 11.8. The second-order valence-corrected chi connectivity index (χ2v) is 5.82. The van der Waals surface area contributed by atoms with E-state index in [1.54, 1.807) is 13.8 Å². The van der Waals surface area contributed by atoms with E-state index < -0.39 is 0 Å². The van der Waals surface area contributed by atoms with Crippen molar-refractivity contribution < 1.29 is 9.59 Å². The van der Waals surface area contributed by atoms with E-state index in [-0.39, 0.29) is 11.6 Å². The highest BCUT2D eigenvalue weighted by atomic mass is 16.1. The van der Waals surface area contributed by atoms with Crippen molar-refractivity contribution in [1.82, 2.24) is 0 Å². The molecule has 0 saturated carbocycles. The summed E-state index contributed by atoms with van der Waals surface area (Å²) < 4.78 is 0.